The third-order valence-corrected chi connectivity index (χ3v) is 7.23. The zero-order valence-electron chi connectivity index (χ0n) is 20.3. The second kappa shape index (κ2) is 9.03. The van der Waals surface area contributed by atoms with Crippen molar-refractivity contribution >= 4 is 11.4 Å². The molecule has 2 aliphatic rings. The average molecular weight is 476 g/mol. The van der Waals surface area contributed by atoms with Gasteiger partial charge in [-0.25, -0.2) is 9.97 Å². The van der Waals surface area contributed by atoms with Gasteiger partial charge in [0.15, 0.2) is 5.82 Å². The first kappa shape index (κ1) is 21.5. The maximum atomic E-state index is 4.98. The minimum absolute atomic E-state index is 0.293. The van der Waals surface area contributed by atoms with Gasteiger partial charge in [-0.05, 0) is 29.8 Å². The zero-order chi connectivity index (χ0) is 24.6. The maximum absolute atomic E-state index is 4.98. The number of hydrogen-bond donors (Lipinski definition) is 0. The first-order valence-corrected chi connectivity index (χ1v) is 12.7. The molecule has 3 heteroatoms. The predicted molar refractivity (Wildman–Crippen MR) is 152 cm³/mol. The molecule has 1 aliphatic carbocycles. The van der Waals surface area contributed by atoms with Gasteiger partial charge >= 0.3 is 0 Å². The van der Waals surface area contributed by atoms with Crippen LogP contribution in [0.4, 0.5) is 11.4 Å². The van der Waals surface area contributed by atoms with E-state index in [9.17, 15) is 0 Å². The topological polar surface area (TPSA) is 29.0 Å². The van der Waals surface area contributed by atoms with Crippen LogP contribution in [-0.2, 0) is 0 Å². The molecule has 1 aliphatic heterocycles. The number of nitrogens with zero attached hydrogens (tertiary/aromatic N) is 3. The van der Waals surface area contributed by atoms with Crippen molar-refractivity contribution in [1.82, 2.24) is 9.97 Å². The summed E-state index contributed by atoms with van der Waals surface area (Å²) in [6.45, 7) is 0. The van der Waals surface area contributed by atoms with Gasteiger partial charge in [0.05, 0.1) is 17.4 Å². The summed E-state index contributed by atoms with van der Waals surface area (Å²) in [6.07, 6.45) is 8.94. The Balaban J connectivity index is 1.30. The van der Waals surface area contributed by atoms with E-state index < -0.39 is 0 Å². The summed E-state index contributed by atoms with van der Waals surface area (Å²) in [6, 6.07) is 40.4. The Kier molecular flexibility index (Phi) is 5.25. The molecule has 4 aromatic carbocycles. The van der Waals surface area contributed by atoms with E-state index in [2.05, 4.69) is 108 Å². The molecule has 176 valence electrons. The molecule has 0 saturated heterocycles. The molecule has 2 heterocycles. The lowest BCUT2D eigenvalue weighted by atomic mass is 9.91. The van der Waals surface area contributed by atoms with Crippen LogP contribution in [0.2, 0.25) is 0 Å². The maximum Gasteiger partial charge on any atom is 0.160 e. The number of hydrogen-bond acceptors (Lipinski definition) is 3. The SMILES string of the molecule is C1=CC2c3ccccc3N(c3ccc(-c4cc(-c5ccccc5)nc(-c5ccccc5)n4)cc3)C2C=C1. The third kappa shape index (κ3) is 3.85. The van der Waals surface area contributed by atoms with Crippen molar-refractivity contribution in [3.05, 3.63) is 145 Å². The highest BCUT2D eigenvalue weighted by Crippen LogP contribution is 2.47. The molecule has 5 aromatic rings. The molecular formula is C34H25N3. The molecule has 0 amide bonds. The normalized spacial score (nSPS) is 17.5. The summed E-state index contributed by atoms with van der Waals surface area (Å²) >= 11 is 0. The quantitative estimate of drug-likeness (QED) is 0.262. The first-order valence-electron chi connectivity index (χ1n) is 12.7. The van der Waals surface area contributed by atoms with Crippen molar-refractivity contribution in [3.8, 4) is 33.9 Å². The van der Waals surface area contributed by atoms with Gasteiger partial charge in [0.1, 0.15) is 0 Å². The van der Waals surface area contributed by atoms with E-state index in [0.717, 1.165) is 33.9 Å². The molecule has 2 unspecified atom stereocenters. The van der Waals surface area contributed by atoms with Crippen LogP contribution in [0, 0.1) is 0 Å². The van der Waals surface area contributed by atoms with Crippen molar-refractivity contribution in [2.45, 2.75) is 12.0 Å². The van der Waals surface area contributed by atoms with Crippen molar-refractivity contribution in [2.75, 3.05) is 4.90 Å². The number of anilines is 2. The second-order valence-corrected chi connectivity index (χ2v) is 9.46. The monoisotopic (exact) mass is 475 g/mol. The van der Waals surface area contributed by atoms with E-state index in [1.54, 1.807) is 0 Å². The van der Waals surface area contributed by atoms with Crippen LogP contribution in [0.25, 0.3) is 33.9 Å². The number of fused-ring (bicyclic) bond motifs is 3. The highest BCUT2D eigenvalue weighted by atomic mass is 15.2. The van der Waals surface area contributed by atoms with E-state index in [1.807, 2.05) is 36.4 Å². The minimum atomic E-state index is 0.293. The second-order valence-electron chi connectivity index (χ2n) is 9.46. The molecule has 0 N–H and O–H groups in total. The van der Waals surface area contributed by atoms with Crippen molar-refractivity contribution in [2.24, 2.45) is 0 Å². The van der Waals surface area contributed by atoms with E-state index in [1.165, 1.54) is 16.9 Å². The first-order chi connectivity index (χ1) is 18.3. The summed E-state index contributed by atoms with van der Waals surface area (Å²) in [4.78, 5) is 12.4. The Hall–Kier alpha value is -4.76. The highest BCUT2D eigenvalue weighted by Gasteiger charge is 2.36. The van der Waals surface area contributed by atoms with Gasteiger partial charge in [-0.1, -0.05) is 115 Å². The van der Waals surface area contributed by atoms with Crippen LogP contribution in [0.15, 0.2) is 140 Å². The zero-order valence-corrected chi connectivity index (χ0v) is 20.3. The Morgan fingerprint density at radius 2 is 1.14 bits per heavy atom. The predicted octanol–water partition coefficient (Wildman–Crippen LogP) is 8.21. The van der Waals surface area contributed by atoms with E-state index in [-0.39, 0.29) is 0 Å². The fourth-order valence-electron chi connectivity index (χ4n) is 5.45. The minimum Gasteiger partial charge on any atom is -0.333 e. The summed E-state index contributed by atoms with van der Waals surface area (Å²) in [7, 11) is 0. The Labute approximate surface area is 217 Å². The fraction of sp³-hybridized carbons (Fsp3) is 0.0588. The summed E-state index contributed by atoms with van der Waals surface area (Å²) in [5, 5.41) is 0. The lowest BCUT2D eigenvalue weighted by Crippen LogP contribution is -2.28. The van der Waals surface area contributed by atoms with Crippen LogP contribution in [0.3, 0.4) is 0 Å². The van der Waals surface area contributed by atoms with Gasteiger partial charge < -0.3 is 4.90 Å². The van der Waals surface area contributed by atoms with Gasteiger partial charge in [-0.3, -0.25) is 0 Å². The van der Waals surface area contributed by atoms with Crippen LogP contribution in [0.1, 0.15) is 11.5 Å². The van der Waals surface area contributed by atoms with Gasteiger partial charge in [-0.15, -0.1) is 0 Å². The number of benzene rings is 4. The summed E-state index contributed by atoms with van der Waals surface area (Å²) in [5.41, 5.74) is 8.84. The third-order valence-electron chi connectivity index (χ3n) is 7.23. The van der Waals surface area contributed by atoms with Crippen LogP contribution in [0.5, 0.6) is 0 Å². The lowest BCUT2D eigenvalue weighted by molar-refractivity contribution is 0.745. The molecule has 3 nitrogen and oxygen atoms in total. The molecule has 2 atom stereocenters. The van der Waals surface area contributed by atoms with Gasteiger partial charge in [0, 0.05) is 34.0 Å². The largest absolute Gasteiger partial charge is 0.333 e. The van der Waals surface area contributed by atoms with Crippen LogP contribution >= 0.6 is 0 Å². The summed E-state index contributed by atoms with van der Waals surface area (Å²) in [5.74, 6) is 1.11. The van der Waals surface area contributed by atoms with E-state index in [4.69, 9.17) is 9.97 Å². The Morgan fingerprint density at radius 1 is 0.541 bits per heavy atom. The van der Waals surface area contributed by atoms with Gasteiger partial charge in [0.25, 0.3) is 0 Å². The van der Waals surface area contributed by atoms with Gasteiger partial charge in [0.2, 0.25) is 0 Å². The van der Waals surface area contributed by atoms with E-state index >= 15 is 0 Å². The molecule has 1 aromatic heterocycles. The number of aromatic nitrogens is 2. The molecule has 0 saturated carbocycles. The highest BCUT2D eigenvalue weighted by molar-refractivity contribution is 5.78. The molecule has 0 radical (unpaired) electrons. The fourth-order valence-corrected chi connectivity index (χ4v) is 5.45. The molecule has 7 rings (SSSR count). The van der Waals surface area contributed by atoms with Crippen molar-refractivity contribution < 1.29 is 0 Å². The van der Waals surface area contributed by atoms with Crippen LogP contribution in [-0.4, -0.2) is 16.0 Å². The number of allylic oxidation sites excluding steroid dienone is 2. The van der Waals surface area contributed by atoms with Crippen LogP contribution < -0.4 is 4.90 Å². The van der Waals surface area contributed by atoms with Crippen molar-refractivity contribution in [3.63, 3.8) is 0 Å². The molecule has 0 bridgehead atoms. The van der Waals surface area contributed by atoms with Gasteiger partial charge in [-0.2, -0.15) is 0 Å². The van der Waals surface area contributed by atoms with Crippen molar-refractivity contribution in [1.29, 1.82) is 0 Å². The Bertz CT molecular complexity index is 1560. The summed E-state index contributed by atoms with van der Waals surface area (Å²) < 4.78 is 0. The number of rotatable bonds is 4. The molecular weight excluding hydrogens is 450 g/mol. The lowest BCUT2D eigenvalue weighted by Gasteiger charge is -2.28. The molecule has 0 spiro atoms. The molecule has 37 heavy (non-hydrogen) atoms. The Morgan fingerprint density at radius 3 is 1.86 bits per heavy atom. The standard InChI is InChI=1S/C34H25N3/c1-3-11-24(12-4-1)30-23-31(36-34(35-30)26-13-5-2-6-14-26)25-19-21-27(22-20-25)37-32-17-9-7-15-28(32)29-16-8-10-18-33(29)37/h1-23,28,32H. The van der Waals surface area contributed by atoms with E-state index in [0.29, 0.717) is 12.0 Å². The number of para-hydroxylation sites is 1. The smallest absolute Gasteiger partial charge is 0.160 e. The molecule has 0 fully saturated rings. The average Bonchev–Trinajstić information content (AvgIpc) is 3.32.